The number of carbonyl (C=O) groups is 1. The number of ether oxygens (including phenoxy) is 2. The number of likely N-dealkylation sites (tertiary alicyclic amines) is 1. The molecular weight excluding hydrogens is 412 g/mol. The van der Waals surface area contributed by atoms with Gasteiger partial charge in [0.05, 0.1) is 0 Å². The molecule has 2 aromatic rings. The lowest BCUT2D eigenvalue weighted by Crippen LogP contribution is -2.52. The molecule has 0 radical (unpaired) electrons. The van der Waals surface area contributed by atoms with E-state index >= 15 is 0 Å². The van der Waals surface area contributed by atoms with Crippen molar-refractivity contribution in [3.63, 3.8) is 0 Å². The molecule has 4 rings (SSSR count). The SMILES string of the molecule is Cc1ccc(-c2cc(F)c(OC3CC4(CCN(C(=O)OC(C)(C)C)CC4)C3)c(F)c2)cc1. The Morgan fingerprint density at radius 3 is 2.09 bits per heavy atom. The molecule has 6 heteroatoms. The third-order valence-corrected chi connectivity index (χ3v) is 6.46. The van der Waals surface area contributed by atoms with E-state index in [2.05, 4.69) is 0 Å². The minimum Gasteiger partial charge on any atom is -0.484 e. The van der Waals surface area contributed by atoms with Crippen LogP contribution in [-0.4, -0.2) is 35.8 Å². The van der Waals surface area contributed by atoms with E-state index in [-0.39, 0.29) is 23.4 Å². The van der Waals surface area contributed by atoms with Crippen LogP contribution in [0.4, 0.5) is 13.6 Å². The van der Waals surface area contributed by atoms with E-state index in [4.69, 9.17) is 9.47 Å². The fourth-order valence-electron chi connectivity index (χ4n) is 4.64. The molecule has 4 nitrogen and oxygen atoms in total. The van der Waals surface area contributed by atoms with E-state index < -0.39 is 17.2 Å². The third-order valence-electron chi connectivity index (χ3n) is 6.46. The van der Waals surface area contributed by atoms with Gasteiger partial charge in [-0.1, -0.05) is 29.8 Å². The standard InChI is InChI=1S/C26H31F2NO3/c1-17-5-7-18(8-6-17)19-13-21(27)23(22(28)14-19)31-20-15-26(16-20)9-11-29(12-10-26)24(30)32-25(2,3)4/h5-8,13-14,20H,9-12,15-16H2,1-4H3. The molecule has 1 saturated carbocycles. The first-order valence-corrected chi connectivity index (χ1v) is 11.2. The van der Waals surface area contributed by atoms with Crippen LogP contribution in [0.25, 0.3) is 11.1 Å². The first kappa shape index (κ1) is 22.6. The summed E-state index contributed by atoms with van der Waals surface area (Å²) in [6.07, 6.45) is 2.70. The van der Waals surface area contributed by atoms with Gasteiger partial charge in [-0.15, -0.1) is 0 Å². The van der Waals surface area contributed by atoms with Crippen molar-refractivity contribution in [2.24, 2.45) is 5.41 Å². The maximum absolute atomic E-state index is 14.7. The Labute approximate surface area is 188 Å². The smallest absolute Gasteiger partial charge is 0.410 e. The van der Waals surface area contributed by atoms with Gasteiger partial charge in [0, 0.05) is 13.1 Å². The van der Waals surface area contributed by atoms with Gasteiger partial charge in [-0.3, -0.25) is 0 Å². The summed E-state index contributed by atoms with van der Waals surface area (Å²) in [5.41, 5.74) is 1.92. The van der Waals surface area contributed by atoms with E-state index in [0.29, 0.717) is 18.7 Å². The Morgan fingerprint density at radius 2 is 1.56 bits per heavy atom. The summed E-state index contributed by atoms with van der Waals surface area (Å²) in [7, 11) is 0. The predicted octanol–water partition coefficient (Wildman–Crippen LogP) is 6.50. The molecule has 2 aromatic carbocycles. The molecule has 0 atom stereocenters. The second kappa shape index (κ2) is 8.38. The average molecular weight is 444 g/mol. The van der Waals surface area contributed by atoms with Gasteiger partial charge in [-0.25, -0.2) is 13.6 Å². The van der Waals surface area contributed by atoms with Crippen LogP contribution in [-0.2, 0) is 4.74 Å². The second-order valence-electron chi connectivity index (χ2n) is 10.3. The zero-order valence-electron chi connectivity index (χ0n) is 19.2. The second-order valence-corrected chi connectivity index (χ2v) is 10.3. The number of benzene rings is 2. The molecule has 1 spiro atoms. The lowest BCUT2D eigenvalue weighted by molar-refractivity contribution is -0.0605. The minimum absolute atomic E-state index is 0.0813. The molecule has 172 valence electrons. The Hall–Kier alpha value is -2.63. The quantitative estimate of drug-likeness (QED) is 0.544. The van der Waals surface area contributed by atoms with E-state index in [1.165, 1.54) is 12.1 Å². The summed E-state index contributed by atoms with van der Waals surface area (Å²) in [4.78, 5) is 14.0. The van der Waals surface area contributed by atoms with Crippen molar-refractivity contribution in [1.29, 1.82) is 0 Å². The zero-order valence-corrected chi connectivity index (χ0v) is 19.2. The summed E-state index contributed by atoms with van der Waals surface area (Å²) < 4.78 is 40.5. The van der Waals surface area contributed by atoms with Crippen LogP contribution in [0, 0.1) is 24.0 Å². The van der Waals surface area contributed by atoms with Gasteiger partial charge in [0.15, 0.2) is 17.4 Å². The molecular formula is C26H31F2NO3. The van der Waals surface area contributed by atoms with E-state index in [1.54, 1.807) is 4.90 Å². The number of nitrogens with zero attached hydrogens (tertiary/aromatic N) is 1. The minimum atomic E-state index is -0.679. The van der Waals surface area contributed by atoms with E-state index in [0.717, 1.165) is 36.8 Å². The summed E-state index contributed by atoms with van der Waals surface area (Å²) in [6.45, 7) is 8.81. The molecule has 32 heavy (non-hydrogen) atoms. The Kier molecular flexibility index (Phi) is 5.91. The van der Waals surface area contributed by atoms with Crippen molar-refractivity contribution >= 4 is 6.09 Å². The van der Waals surface area contributed by atoms with Gasteiger partial charge in [-0.2, -0.15) is 0 Å². The number of carbonyl (C=O) groups excluding carboxylic acids is 1. The Bertz CT molecular complexity index is 958. The highest BCUT2D eigenvalue weighted by Gasteiger charge is 2.48. The molecule has 1 amide bonds. The molecule has 0 bridgehead atoms. The number of halogens is 2. The highest BCUT2D eigenvalue weighted by molar-refractivity contribution is 5.68. The van der Waals surface area contributed by atoms with Crippen molar-refractivity contribution in [1.82, 2.24) is 4.90 Å². The van der Waals surface area contributed by atoms with Crippen molar-refractivity contribution < 1.29 is 23.0 Å². The van der Waals surface area contributed by atoms with Crippen LogP contribution in [0.2, 0.25) is 0 Å². The Balaban J connectivity index is 1.34. The van der Waals surface area contributed by atoms with Crippen LogP contribution in [0.5, 0.6) is 5.75 Å². The third kappa shape index (κ3) is 4.89. The van der Waals surface area contributed by atoms with Crippen molar-refractivity contribution in [2.75, 3.05) is 13.1 Å². The maximum Gasteiger partial charge on any atom is 0.410 e. The van der Waals surface area contributed by atoms with Gasteiger partial charge in [0.2, 0.25) is 0 Å². The van der Waals surface area contributed by atoms with Gasteiger partial charge in [-0.05, 0) is 82.1 Å². The van der Waals surface area contributed by atoms with Gasteiger partial charge >= 0.3 is 6.09 Å². The molecule has 0 N–H and O–H groups in total. The molecule has 0 aromatic heterocycles. The van der Waals surface area contributed by atoms with E-state index in [9.17, 15) is 13.6 Å². The fourth-order valence-corrected chi connectivity index (χ4v) is 4.64. The zero-order chi connectivity index (χ0) is 23.1. The lowest BCUT2D eigenvalue weighted by atomic mass is 9.61. The summed E-state index contributed by atoms with van der Waals surface area (Å²) >= 11 is 0. The first-order chi connectivity index (χ1) is 15.0. The molecule has 1 aliphatic heterocycles. The Morgan fingerprint density at radius 1 is 1.00 bits per heavy atom. The average Bonchev–Trinajstić information content (AvgIpc) is 2.68. The van der Waals surface area contributed by atoms with Crippen molar-refractivity contribution in [3.05, 3.63) is 53.6 Å². The highest BCUT2D eigenvalue weighted by atomic mass is 19.1. The molecule has 2 fully saturated rings. The normalized spacial score (nSPS) is 18.4. The first-order valence-electron chi connectivity index (χ1n) is 11.2. The van der Waals surface area contributed by atoms with Crippen LogP contribution in [0.15, 0.2) is 36.4 Å². The maximum atomic E-state index is 14.7. The van der Waals surface area contributed by atoms with Crippen LogP contribution >= 0.6 is 0 Å². The number of rotatable bonds is 3. The van der Waals surface area contributed by atoms with Crippen LogP contribution < -0.4 is 4.74 Å². The van der Waals surface area contributed by atoms with Gasteiger partial charge < -0.3 is 14.4 Å². The predicted molar refractivity (Wildman–Crippen MR) is 120 cm³/mol. The fraction of sp³-hybridized carbons (Fsp3) is 0.500. The summed E-state index contributed by atoms with van der Waals surface area (Å²) in [5, 5.41) is 0. The lowest BCUT2D eigenvalue weighted by Gasteiger charge is -2.51. The van der Waals surface area contributed by atoms with Crippen molar-refractivity contribution in [3.8, 4) is 16.9 Å². The largest absolute Gasteiger partial charge is 0.484 e. The van der Waals surface area contributed by atoms with Crippen LogP contribution in [0.3, 0.4) is 0 Å². The van der Waals surface area contributed by atoms with Crippen molar-refractivity contribution in [2.45, 2.75) is 65.1 Å². The summed E-state index contributed by atoms with van der Waals surface area (Å²) in [5.74, 6) is -1.66. The van der Waals surface area contributed by atoms with Gasteiger partial charge in [0.25, 0.3) is 0 Å². The molecule has 1 aliphatic carbocycles. The summed E-state index contributed by atoms with van der Waals surface area (Å²) in [6, 6.07) is 10.2. The topological polar surface area (TPSA) is 38.8 Å². The monoisotopic (exact) mass is 443 g/mol. The number of piperidine rings is 1. The van der Waals surface area contributed by atoms with Crippen LogP contribution in [0.1, 0.15) is 52.0 Å². The number of aryl methyl sites for hydroxylation is 1. The molecule has 2 aliphatic rings. The number of amides is 1. The molecule has 1 heterocycles. The number of hydrogen-bond donors (Lipinski definition) is 0. The van der Waals surface area contributed by atoms with E-state index in [1.807, 2.05) is 52.0 Å². The number of hydrogen-bond acceptors (Lipinski definition) is 3. The van der Waals surface area contributed by atoms with Gasteiger partial charge in [0.1, 0.15) is 11.7 Å². The highest BCUT2D eigenvalue weighted by Crippen LogP contribution is 2.51. The molecule has 0 unspecified atom stereocenters. The molecule has 1 saturated heterocycles.